The van der Waals surface area contributed by atoms with Gasteiger partial charge in [0.05, 0.1) is 0 Å². The number of benzene rings is 1. The number of rotatable bonds is 6. The van der Waals surface area contributed by atoms with Gasteiger partial charge in [0.1, 0.15) is 0 Å². The zero-order valence-corrected chi connectivity index (χ0v) is 11.2. The molecule has 1 unspecified atom stereocenters. The van der Waals surface area contributed by atoms with E-state index in [2.05, 4.69) is 29.7 Å². The molecule has 1 aliphatic carbocycles. The van der Waals surface area contributed by atoms with Gasteiger partial charge in [-0.3, -0.25) is 4.79 Å². The molecular weight excluding hydrogens is 224 g/mol. The van der Waals surface area contributed by atoms with Crippen LogP contribution >= 0.6 is 0 Å². The molecule has 1 amide bonds. The summed E-state index contributed by atoms with van der Waals surface area (Å²) in [7, 11) is 0. The van der Waals surface area contributed by atoms with E-state index in [1.807, 2.05) is 19.1 Å². The third-order valence-electron chi connectivity index (χ3n) is 3.54. The molecule has 1 atom stereocenters. The maximum absolute atomic E-state index is 11.9. The number of amides is 1. The van der Waals surface area contributed by atoms with E-state index in [-0.39, 0.29) is 11.8 Å². The second kappa shape index (κ2) is 6.01. The fourth-order valence-electron chi connectivity index (χ4n) is 2.04. The van der Waals surface area contributed by atoms with E-state index in [0.29, 0.717) is 5.92 Å². The van der Waals surface area contributed by atoms with Gasteiger partial charge in [-0.2, -0.15) is 0 Å². The molecule has 0 aliphatic heterocycles. The largest absolute Gasteiger partial charge is 0.326 e. The first kappa shape index (κ1) is 13.1. The number of nitrogens with one attached hydrogen (secondary N) is 2. The average molecular weight is 246 g/mol. The van der Waals surface area contributed by atoms with Crippen LogP contribution in [0.5, 0.6) is 0 Å². The van der Waals surface area contributed by atoms with Gasteiger partial charge in [-0.05, 0) is 43.0 Å². The van der Waals surface area contributed by atoms with Crippen molar-refractivity contribution in [3.05, 3.63) is 29.8 Å². The summed E-state index contributed by atoms with van der Waals surface area (Å²) in [5.41, 5.74) is 2.14. The van der Waals surface area contributed by atoms with Gasteiger partial charge in [0.15, 0.2) is 0 Å². The first-order valence-corrected chi connectivity index (χ1v) is 6.81. The van der Waals surface area contributed by atoms with Gasteiger partial charge < -0.3 is 10.6 Å². The maximum atomic E-state index is 11.9. The van der Waals surface area contributed by atoms with Crippen molar-refractivity contribution in [1.29, 1.82) is 0 Å². The van der Waals surface area contributed by atoms with Crippen molar-refractivity contribution in [2.75, 3.05) is 11.9 Å². The summed E-state index contributed by atoms with van der Waals surface area (Å²) >= 11 is 0. The molecule has 3 heteroatoms. The third kappa shape index (κ3) is 3.57. The van der Waals surface area contributed by atoms with Crippen molar-refractivity contribution < 1.29 is 4.79 Å². The molecule has 1 aliphatic rings. The minimum atomic E-state index is 0.145. The predicted octanol–water partition coefficient (Wildman–Crippen LogP) is 2.78. The second-order valence-corrected chi connectivity index (χ2v) is 5.09. The number of carbonyl (C=O) groups excluding carboxylic acids is 1. The van der Waals surface area contributed by atoms with Crippen molar-refractivity contribution in [1.82, 2.24) is 5.32 Å². The molecule has 0 aromatic heterocycles. The fraction of sp³-hybridized carbons (Fsp3) is 0.533. The van der Waals surface area contributed by atoms with E-state index in [1.165, 1.54) is 18.4 Å². The lowest BCUT2D eigenvalue weighted by Gasteiger charge is -2.11. The molecule has 2 rings (SSSR count). The van der Waals surface area contributed by atoms with E-state index in [1.54, 1.807) is 0 Å². The SMILES string of the molecule is CCNCc1ccc(NC(=O)C(C)C2CC2)cc1. The Morgan fingerprint density at radius 3 is 2.56 bits per heavy atom. The van der Waals surface area contributed by atoms with Gasteiger partial charge in [-0.1, -0.05) is 26.0 Å². The number of hydrogen-bond acceptors (Lipinski definition) is 2. The van der Waals surface area contributed by atoms with Crippen LogP contribution in [0.25, 0.3) is 0 Å². The van der Waals surface area contributed by atoms with Gasteiger partial charge in [-0.25, -0.2) is 0 Å². The van der Waals surface area contributed by atoms with E-state index in [0.717, 1.165) is 18.8 Å². The van der Waals surface area contributed by atoms with E-state index >= 15 is 0 Å². The first-order chi connectivity index (χ1) is 8.70. The molecule has 1 saturated carbocycles. The molecule has 2 N–H and O–H groups in total. The average Bonchev–Trinajstić information content (AvgIpc) is 3.21. The summed E-state index contributed by atoms with van der Waals surface area (Å²) < 4.78 is 0. The highest BCUT2D eigenvalue weighted by Gasteiger charge is 2.32. The van der Waals surface area contributed by atoms with Crippen LogP contribution in [-0.4, -0.2) is 12.5 Å². The van der Waals surface area contributed by atoms with E-state index in [4.69, 9.17) is 0 Å². The molecule has 18 heavy (non-hydrogen) atoms. The second-order valence-electron chi connectivity index (χ2n) is 5.09. The van der Waals surface area contributed by atoms with Crippen molar-refractivity contribution in [2.45, 2.75) is 33.2 Å². The Balaban J connectivity index is 1.87. The molecule has 1 aromatic carbocycles. The summed E-state index contributed by atoms with van der Waals surface area (Å²) in [5.74, 6) is 0.904. The summed E-state index contributed by atoms with van der Waals surface area (Å²) in [6.07, 6.45) is 2.41. The van der Waals surface area contributed by atoms with Crippen molar-refractivity contribution in [3.63, 3.8) is 0 Å². The molecule has 1 fully saturated rings. The Labute approximate surface area is 109 Å². The van der Waals surface area contributed by atoms with Crippen LogP contribution in [-0.2, 0) is 11.3 Å². The number of hydrogen-bond donors (Lipinski definition) is 2. The van der Waals surface area contributed by atoms with Gasteiger partial charge >= 0.3 is 0 Å². The summed E-state index contributed by atoms with van der Waals surface area (Å²) in [6.45, 7) is 5.96. The van der Waals surface area contributed by atoms with Crippen LogP contribution in [0.3, 0.4) is 0 Å². The zero-order chi connectivity index (χ0) is 13.0. The monoisotopic (exact) mass is 246 g/mol. The van der Waals surface area contributed by atoms with Gasteiger partial charge in [0, 0.05) is 18.2 Å². The van der Waals surface area contributed by atoms with Crippen molar-refractivity contribution in [3.8, 4) is 0 Å². The van der Waals surface area contributed by atoms with Crippen LogP contribution < -0.4 is 10.6 Å². The lowest BCUT2D eigenvalue weighted by Crippen LogP contribution is -2.21. The minimum Gasteiger partial charge on any atom is -0.326 e. The topological polar surface area (TPSA) is 41.1 Å². The normalized spacial score (nSPS) is 16.3. The smallest absolute Gasteiger partial charge is 0.227 e. The lowest BCUT2D eigenvalue weighted by atomic mass is 10.1. The van der Waals surface area contributed by atoms with Crippen molar-refractivity contribution in [2.24, 2.45) is 11.8 Å². The predicted molar refractivity (Wildman–Crippen MR) is 74.3 cm³/mol. The molecule has 0 radical (unpaired) electrons. The van der Waals surface area contributed by atoms with Crippen LogP contribution in [0.2, 0.25) is 0 Å². The van der Waals surface area contributed by atoms with Crippen LogP contribution in [0.4, 0.5) is 5.69 Å². The molecule has 3 nitrogen and oxygen atoms in total. The van der Waals surface area contributed by atoms with Gasteiger partial charge in [0.25, 0.3) is 0 Å². The Morgan fingerprint density at radius 2 is 2.00 bits per heavy atom. The Bertz CT molecular complexity index is 395. The summed E-state index contributed by atoms with van der Waals surface area (Å²) in [5, 5.41) is 6.27. The van der Waals surface area contributed by atoms with Crippen LogP contribution in [0, 0.1) is 11.8 Å². The zero-order valence-electron chi connectivity index (χ0n) is 11.2. The van der Waals surface area contributed by atoms with Gasteiger partial charge in [-0.15, -0.1) is 0 Å². The molecule has 1 aromatic rings. The molecule has 98 valence electrons. The highest BCUT2D eigenvalue weighted by atomic mass is 16.1. The maximum Gasteiger partial charge on any atom is 0.227 e. The Hall–Kier alpha value is -1.35. The quantitative estimate of drug-likeness (QED) is 0.810. The van der Waals surface area contributed by atoms with E-state index in [9.17, 15) is 4.79 Å². The number of anilines is 1. The third-order valence-corrected chi connectivity index (χ3v) is 3.54. The summed E-state index contributed by atoms with van der Waals surface area (Å²) in [4.78, 5) is 11.9. The molecule has 0 heterocycles. The molecule has 0 spiro atoms. The fourth-order valence-corrected chi connectivity index (χ4v) is 2.04. The standard InChI is InChI=1S/C15H22N2O/c1-3-16-10-12-4-8-14(9-5-12)17-15(18)11(2)13-6-7-13/h4-5,8-9,11,13,16H,3,6-7,10H2,1-2H3,(H,17,18). The van der Waals surface area contributed by atoms with Gasteiger partial charge in [0.2, 0.25) is 5.91 Å². The van der Waals surface area contributed by atoms with E-state index < -0.39 is 0 Å². The van der Waals surface area contributed by atoms with Crippen molar-refractivity contribution >= 4 is 11.6 Å². The molecular formula is C15H22N2O. The Kier molecular flexibility index (Phi) is 4.37. The van der Waals surface area contributed by atoms with Crippen LogP contribution in [0.1, 0.15) is 32.3 Å². The van der Waals surface area contributed by atoms with Crippen LogP contribution in [0.15, 0.2) is 24.3 Å². The summed E-state index contributed by atoms with van der Waals surface area (Å²) in [6, 6.07) is 8.06. The highest BCUT2D eigenvalue weighted by molar-refractivity contribution is 5.92. The molecule has 0 bridgehead atoms. The highest BCUT2D eigenvalue weighted by Crippen LogP contribution is 2.37. The molecule has 0 saturated heterocycles. The lowest BCUT2D eigenvalue weighted by molar-refractivity contribution is -0.119. The minimum absolute atomic E-state index is 0.145. The number of carbonyl (C=O) groups is 1. The Morgan fingerprint density at radius 1 is 1.33 bits per heavy atom. The first-order valence-electron chi connectivity index (χ1n) is 6.81.